The topological polar surface area (TPSA) is 0 Å². The zero-order chi connectivity index (χ0) is 9.80. The van der Waals surface area contributed by atoms with Crippen molar-refractivity contribution in [2.45, 2.75) is 17.7 Å². The Balaban J connectivity index is 2.26. The third-order valence-corrected chi connectivity index (χ3v) is 4.18. The number of benzene rings is 1. The van der Waals surface area contributed by atoms with Crippen LogP contribution in [0.5, 0.6) is 0 Å². The van der Waals surface area contributed by atoms with Gasteiger partial charge in [0.05, 0.1) is 0 Å². The molecule has 0 nitrogen and oxygen atoms in total. The van der Waals surface area contributed by atoms with Gasteiger partial charge in [0.25, 0.3) is 0 Å². The SMILES string of the molecule is B#[SH](C1=CC=CCC1)c1ccccc1. The fourth-order valence-electron chi connectivity index (χ4n) is 1.55. The molecule has 2 heteroatoms. The van der Waals surface area contributed by atoms with Crippen LogP contribution >= 0.6 is 10.1 Å². The summed E-state index contributed by atoms with van der Waals surface area (Å²) in [6.07, 6.45) is 8.73. The summed E-state index contributed by atoms with van der Waals surface area (Å²) in [5.41, 5.74) is 0. The molecule has 0 fully saturated rings. The molecular weight excluding hydrogens is 187 g/mol. The average molecular weight is 200 g/mol. The Labute approximate surface area is 88.2 Å². The van der Waals surface area contributed by atoms with Crippen LogP contribution in [0.15, 0.2) is 58.4 Å². The summed E-state index contributed by atoms with van der Waals surface area (Å²) in [4.78, 5) is 2.66. The van der Waals surface area contributed by atoms with Crippen LogP contribution in [0, 0.1) is 0 Å². The van der Waals surface area contributed by atoms with Crippen molar-refractivity contribution in [3.8, 4) is 0 Å². The number of rotatable bonds is 0. The predicted molar refractivity (Wildman–Crippen MR) is 65.9 cm³/mol. The fourth-order valence-corrected chi connectivity index (χ4v) is 2.99. The summed E-state index contributed by atoms with van der Waals surface area (Å²) in [6, 6.07) is 10.4. The Bertz CT molecular complexity index is 434. The first kappa shape index (κ1) is 9.66. The third-order valence-electron chi connectivity index (χ3n) is 2.34. The second-order valence-corrected chi connectivity index (χ2v) is 5.16. The Morgan fingerprint density at radius 3 is 2.57 bits per heavy atom. The van der Waals surface area contributed by atoms with Gasteiger partial charge in [0.1, 0.15) is 0 Å². The van der Waals surface area contributed by atoms with E-state index in [0.717, 1.165) is 12.8 Å². The van der Waals surface area contributed by atoms with Crippen molar-refractivity contribution in [3.05, 3.63) is 53.5 Å². The minimum absolute atomic E-state index is 0.584. The second-order valence-electron chi connectivity index (χ2n) is 3.33. The van der Waals surface area contributed by atoms with Crippen molar-refractivity contribution in [1.82, 2.24) is 0 Å². The molecule has 0 saturated carbocycles. The summed E-state index contributed by atoms with van der Waals surface area (Å²) >= 11 is 0. The molecule has 0 N–H and O–H groups in total. The zero-order valence-corrected chi connectivity index (χ0v) is 8.95. The van der Waals surface area contributed by atoms with Gasteiger partial charge in [0.2, 0.25) is 0 Å². The van der Waals surface area contributed by atoms with Crippen molar-refractivity contribution in [3.63, 3.8) is 0 Å². The van der Waals surface area contributed by atoms with Crippen LogP contribution in [0.2, 0.25) is 0 Å². The zero-order valence-electron chi connectivity index (χ0n) is 8.06. The van der Waals surface area contributed by atoms with Crippen LogP contribution in [0.1, 0.15) is 12.8 Å². The van der Waals surface area contributed by atoms with Crippen LogP contribution in [0.25, 0.3) is 0 Å². The van der Waals surface area contributed by atoms with Crippen molar-refractivity contribution in [1.29, 1.82) is 0 Å². The molecule has 1 atom stereocenters. The average Bonchev–Trinajstić information content (AvgIpc) is 2.30. The van der Waals surface area contributed by atoms with E-state index in [2.05, 4.69) is 42.5 Å². The van der Waals surface area contributed by atoms with E-state index in [4.69, 9.17) is 6.53 Å². The molecule has 0 amide bonds. The molecular formula is C12H13BS. The summed E-state index contributed by atoms with van der Waals surface area (Å²) < 4.78 is 0. The molecule has 0 saturated heterocycles. The molecule has 0 bridgehead atoms. The first-order valence-electron chi connectivity index (χ1n) is 4.83. The van der Waals surface area contributed by atoms with Crippen LogP contribution < -0.4 is 0 Å². The van der Waals surface area contributed by atoms with Crippen LogP contribution in [0.4, 0.5) is 0 Å². The van der Waals surface area contributed by atoms with Gasteiger partial charge >= 0.3 is 87.9 Å². The van der Waals surface area contributed by atoms with E-state index in [-0.39, 0.29) is 0 Å². The van der Waals surface area contributed by atoms with Crippen molar-refractivity contribution in [2.75, 3.05) is 0 Å². The molecule has 1 aromatic carbocycles. The van der Waals surface area contributed by atoms with E-state index < -0.39 is 10.1 Å². The van der Waals surface area contributed by atoms with Crippen LogP contribution in [-0.4, -0.2) is 6.53 Å². The Kier molecular flexibility index (Phi) is 3.15. The van der Waals surface area contributed by atoms with Gasteiger partial charge in [0, 0.05) is 0 Å². The maximum atomic E-state index is 6.23. The Hall–Kier alpha value is -0.885. The molecule has 0 heterocycles. The van der Waals surface area contributed by atoms with Gasteiger partial charge in [-0.15, -0.1) is 0 Å². The molecule has 70 valence electrons. The normalized spacial score (nSPS) is 17.7. The van der Waals surface area contributed by atoms with Gasteiger partial charge in [-0.05, 0) is 0 Å². The van der Waals surface area contributed by atoms with Crippen molar-refractivity contribution >= 4 is 16.7 Å². The molecule has 0 aromatic heterocycles. The fraction of sp³-hybridized carbons (Fsp3) is 0.167. The number of allylic oxidation sites excluding steroid dienone is 4. The van der Waals surface area contributed by atoms with E-state index in [0.29, 0.717) is 0 Å². The van der Waals surface area contributed by atoms with Gasteiger partial charge in [-0.25, -0.2) is 0 Å². The molecule has 1 unspecified atom stereocenters. The Morgan fingerprint density at radius 1 is 1.14 bits per heavy atom. The van der Waals surface area contributed by atoms with E-state index in [1.807, 2.05) is 6.07 Å². The van der Waals surface area contributed by atoms with Crippen molar-refractivity contribution < 1.29 is 0 Å². The number of hydrogen-bond donors (Lipinski definition) is 1. The molecule has 0 aliphatic heterocycles. The maximum absolute atomic E-state index is 6.23. The molecule has 1 aromatic rings. The first-order valence-corrected chi connectivity index (χ1v) is 6.24. The van der Waals surface area contributed by atoms with Gasteiger partial charge in [-0.2, -0.15) is 0 Å². The van der Waals surface area contributed by atoms with Crippen LogP contribution in [0.3, 0.4) is 0 Å². The predicted octanol–water partition coefficient (Wildman–Crippen LogP) is 3.36. The van der Waals surface area contributed by atoms with Gasteiger partial charge in [-0.3, -0.25) is 0 Å². The molecule has 0 radical (unpaired) electrons. The van der Waals surface area contributed by atoms with Crippen molar-refractivity contribution in [2.24, 2.45) is 0 Å². The number of hydrogen-bond acceptors (Lipinski definition) is 0. The summed E-state index contributed by atoms with van der Waals surface area (Å²) in [5.74, 6) is 0. The van der Waals surface area contributed by atoms with E-state index in [9.17, 15) is 0 Å². The third kappa shape index (κ3) is 2.13. The van der Waals surface area contributed by atoms with Gasteiger partial charge in [-0.1, -0.05) is 0 Å². The standard InChI is InChI=1S/C12H13BS/c13-14(11-7-3-1-4-8-11)12-9-5-2-6-10-12/h1-5,7-9,14H,6,10H2. The summed E-state index contributed by atoms with van der Waals surface area (Å²) in [6.45, 7) is 6.23. The molecule has 14 heavy (non-hydrogen) atoms. The monoisotopic (exact) mass is 200 g/mol. The first-order chi connectivity index (χ1) is 6.88. The Morgan fingerprint density at radius 2 is 1.93 bits per heavy atom. The summed E-state index contributed by atoms with van der Waals surface area (Å²) in [5, 5.41) is 0. The quantitative estimate of drug-likeness (QED) is 0.481. The van der Waals surface area contributed by atoms with E-state index >= 15 is 0 Å². The molecule has 1 aliphatic carbocycles. The van der Waals surface area contributed by atoms with E-state index in [1.54, 1.807) is 0 Å². The molecule has 0 spiro atoms. The number of thiol groups is 1. The van der Waals surface area contributed by atoms with Gasteiger partial charge in [0.15, 0.2) is 0 Å². The minimum atomic E-state index is -0.584. The van der Waals surface area contributed by atoms with Crippen LogP contribution in [-0.2, 0) is 0 Å². The second kappa shape index (κ2) is 4.56. The molecule has 2 rings (SSSR count). The summed E-state index contributed by atoms with van der Waals surface area (Å²) in [7, 11) is -0.584. The van der Waals surface area contributed by atoms with E-state index in [1.165, 1.54) is 9.80 Å². The molecule has 1 aliphatic rings. The van der Waals surface area contributed by atoms with Gasteiger partial charge < -0.3 is 0 Å².